The number of hydrogen-bond acceptors (Lipinski definition) is 2. The summed E-state index contributed by atoms with van der Waals surface area (Å²) >= 11 is 0. The zero-order valence-electron chi connectivity index (χ0n) is 9.52. The summed E-state index contributed by atoms with van der Waals surface area (Å²) in [7, 11) is 0. The molecule has 1 atom stereocenters. The molecule has 0 spiro atoms. The molecule has 2 rings (SSSR count). The standard InChI is InChI=1S/C14H14N2O/c15-10-12-6-3-7-13(8-12)16-14(17)9-11-4-1-2-5-11/h1,3-4,6-8,11H,2,5,9H2,(H,16,17). The Kier molecular flexibility index (Phi) is 3.56. The number of carbonyl (C=O) groups is 1. The number of carbonyl (C=O) groups excluding carboxylic acids is 1. The lowest BCUT2D eigenvalue weighted by Crippen LogP contribution is -2.14. The Bertz CT molecular complexity index is 485. The van der Waals surface area contributed by atoms with Crippen molar-refractivity contribution in [2.75, 3.05) is 5.32 Å². The summed E-state index contributed by atoms with van der Waals surface area (Å²) in [5.74, 6) is 0.380. The highest BCUT2D eigenvalue weighted by Crippen LogP contribution is 2.21. The second kappa shape index (κ2) is 5.31. The average Bonchev–Trinajstić information content (AvgIpc) is 2.82. The minimum absolute atomic E-state index is 0.0108. The van der Waals surface area contributed by atoms with Crippen molar-refractivity contribution in [2.45, 2.75) is 19.3 Å². The summed E-state index contributed by atoms with van der Waals surface area (Å²) in [5, 5.41) is 11.6. The molecule has 17 heavy (non-hydrogen) atoms. The second-order valence-electron chi connectivity index (χ2n) is 4.21. The smallest absolute Gasteiger partial charge is 0.224 e. The maximum atomic E-state index is 11.7. The number of amides is 1. The molecule has 1 aromatic rings. The van der Waals surface area contributed by atoms with Crippen LogP contribution in [0.3, 0.4) is 0 Å². The summed E-state index contributed by atoms with van der Waals surface area (Å²) in [4.78, 5) is 11.7. The molecule has 0 saturated carbocycles. The van der Waals surface area contributed by atoms with E-state index >= 15 is 0 Å². The van der Waals surface area contributed by atoms with Gasteiger partial charge in [0.05, 0.1) is 11.6 Å². The van der Waals surface area contributed by atoms with Gasteiger partial charge in [0.25, 0.3) is 0 Å². The van der Waals surface area contributed by atoms with E-state index in [0.29, 0.717) is 23.6 Å². The molecule has 1 unspecified atom stereocenters. The van der Waals surface area contributed by atoms with Crippen molar-refractivity contribution >= 4 is 11.6 Å². The molecular weight excluding hydrogens is 212 g/mol. The van der Waals surface area contributed by atoms with Gasteiger partial charge in [-0.15, -0.1) is 0 Å². The molecule has 1 aliphatic rings. The first-order valence-corrected chi connectivity index (χ1v) is 5.74. The van der Waals surface area contributed by atoms with Crippen molar-refractivity contribution in [1.29, 1.82) is 5.26 Å². The first-order chi connectivity index (χ1) is 8.28. The van der Waals surface area contributed by atoms with Gasteiger partial charge in [-0.25, -0.2) is 0 Å². The number of rotatable bonds is 3. The van der Waals surface area contributed by atoms with E-state index in [9.17, 15) is 4.79 Å². The topological polar surface area (TPSA) is 52.9 Å². The third-order valence-corrected chi connectivity index (χ3v) is 2.84. The number of benzene rings is 1. The van der Waals surface area contributed by atoms with Gasteiger partial charge in [0, 0.05) is 12.1 Å². The lowest BCUT2D eigenvalue weighted by Gasteiger charge is -2.08. The van der Waals surface area contributed by atoms with Gasteiger partial charge in [-0.05, 0) is 37.0 Å². The molecule has 1 aromatic carbocycles. The fourth-order valence-corrected chi connectivity index (χ4v) is 1.98. The number of allylic oxidation sites excluding steroid dienone is 2. The summed E-state index contributed by atoms with van der Waals surface area (Å²) in [5.41, 5.74) is 1.25. The van der Waals surface area contributed by atoms with Crippen molar-refractivity contribution in [2.24, 2.45) is 5.92 Å². The van der Waals surface area contributed by atoms with Gasteiger partial charge in [0.1, 0.15) is 0 Å². The molecule has 86 valence electrons. The van der Waals surface area contributed by atoms with Crippen molar-refractivity contribution in [3.63, 3.8) is 0 Å². The van der Waals surface area contributed by atoms with Gasteiger partial charge in [0.15, 0.2) is 0 Å². The Morgan fingerprint density at radius 1 is 1.53 bits per heavy atom. The molecule has 0 aromatic heterocycles. The van der Waals surface area contributed by atoms with Crippen LogP contribution < -0.4 is 5.32 Å². The molecule has 3 heteroatoms. The van der Waals surface area contributed by atoms with Crippen LogP contribution in [0.2, 0.25) is 0 Å². The molecule has 1 N–H and O–H groups in total. The van der Waals surface area contributed by atoms with Gasteiger partial charge in [-0.2, -0.15) is 5.26 Å². The highest BCUT2D eigenvalue weighted by atomic mass is 16.1. The van der Waals surface area contributed by atoms with E-state index in [4.69, 9.17) is 5.26 Å². The minimum Gasteiger partial charge on any atom is -0.326 e. The molecule has 0 saturated heterocycles. The van der Waals surface area contributed by atoms with Crippen LogP contribution in [0.5, 0.6) is 0 Å². The first kappa shape index (κ1) is 11.4. The lowest BCUT2D eigenvalue weighted by molar-refractivity contribution is -0.116. The summed E-state index contributed by atoms with van der Waals surface area (Å²) < 4.78 is 0. The monoisotopic (exact) mass is 226 g/mol. The maximum Gasteiger partial charge on any atom is 0.224 e. The molecule has 1 amide bonds. The first-order valence-electron chi connectivity index (χ1n) is 5.74. The molecule has 0 radical (unpaired) electrons. The van der Waals surface area contributed by atoms with E-state index in [-0.39, 0.29) is 5.91 Å². The van der Waals surface area contributed by atoms with Crippen LogP contribution in [0.1, 0.15) is 24.8 Å². The van der Waals surface area contributed by atoms with E-state index in [0.717, 1.165) is 12.8 Å². The Balaban J connectivity index is 1.93. The summed E-state index contributed by atoms with van der Waals surface area (Å²) in [6.07, 6.45) is 6.88. The van der Waals surface area contributed by atoms with Gasteiger partial charge in [0.2, 0.25) is 5.91 Å². The van der Waals surface area contributed by atoms with Crippen LogP contribution >= 0.6 is 0 Å². The van der Waals surface area contributed by atoms with Gasteiger partial charge in [-0.1, -0.05) is 18.2 Å². The van der Waals surface area contributed by atoms with Crippen LogP contribution in [-0.4, -0.2) is 5.91 Å². The zero-order valence-corrected chi connectivity index (χ0v) is 9.52. The molecule has 3 nitrogen and oxygen atoms in total. The van der Waals surface area contributed by atoms with Gasteiger partial charge in [-0.3, -0.25) is 4.79 Å². The molecule has 0 fully saturated rings. The van der Waals surface area contributed by atoms with Crippen molar-refractivity contribution in [3.8, 4) is 6.07 Å². The number of hydrogen-bond donors (Lipinski definition) is 1. The Morgan fingerprint density at radius 2 is 2.41 bits per heavy atom. The quantitative estimate of drug-likeness (QED) is 0.806. The molecule has 0 aliphatic heterocycles. The number of nitrogens with one attached hydrogen (secondary N) is 1. The fraction of sp³-hybridized carbons (Fsp3) is 0.286. The third-order valence-electron chi connectivity index (χ3n) is 2.84. The predicted octanol–water partition coefficient (Wildman–Crippen LogP) is 2.85. The largest absolute Gasteiger partial charge is 0.326 e. The molecule has 1 aliphatic carbocycles. The molecule has 0 bridgehead atoms. The van der Waals surface area contributed by atoms with Crippen LogP contribution in [-0.2, 0) is 4.79 Å². The Hall–Kier alpha value is -2.08. The lowest BCUT2D eigenvalue weighted by atomic mass is 10.0. The van der Waals surface area contributed by atoms with Crippen LogP contribution in [0.15, 0.2) is 36.4 Å². The SMILES string of the molecule is N#Cc1cccc(NC(=O)CC2C=CCC2)c1. The second-order valence-corrected chi connectivity index (χ2v) is 4.21. The highest BCUT2D eigenvalue weighted by molar-refractivity contribution is 5.91. The number of nitriles is 1. The zero-order chi connectivity index (χ0) is 12.1. The van der Waals surface area contributed by atoms with E-state index in [1.54, 1.807) is 24.3 Å². The maximum absolute atomic E-state index is 11.7. The van der Waals surface area contributed by atoms with E-state index < -0.39 is 0 Å². The van der Waals surface area contributed by atoms with Crippen LogP contribution in [0.4, 0.5) is 5.69 Å². The van der Waals surface area contributed by atoms with Crippen LogP contribution in [0, 0.1) is 17.2 Å². The van der Waals surface area contributed by atoms with E-state index in [1.165, 1.54) is 0 Å². The highest BCUT2D eigenvalue weighted by Gasteiger charge is 2.13. The Morgan fingerprint density at radius 3 is 3.12 bits per heavy atom. The van der Waals surface area contributed by atoms with E-state index in [2.05, 4.69) is 23.5 Å². The molecular formula is C14H14N2O. The average molecular weight is 226 g/mol. The number of nitrogens with zero attached hydrogens (tertiary/aromatic N) is 1. The van der Waals surface area contributed by atoms with Crippen molar-refractivity contribution in [1.82, 2.24) is 0 Å². The number of anilines is 1. The van der Waals surface area contributed by atoms with Crippen molar-refractivity contribution < 1.29 is 4.79 Å². The molecule has 0 heterocycles. The summed E-state index contributed by atoms with van der Waals surface area (Å²) in [6, 6.07) is 9.01. The predicted molar refractivity (Wildman–Crippen MR) is 66.3 cm³/mol. The van der Waals surface area contributed by atoms with Crippen molar-refractivity contribution in [3.05, 3.63) is 42.0 Å². The normalized spacial score (nSPS) is 17.7. The fourth-order valence-electron chi connectivity index (χ4n) is 1.98. The summed E-state index contributed by atoms with van der Waals surface area (Å²) in [6.45, 7) is 0. The van der Waals surface area contributed by atoms with Gasteiger partial charge >= 0.3 is 0 Å². The van der Waals surface area contributed by atoms with E-state index in [1.807, 2.05) is 0 Å². The minimum atomic E-state index is 0.0108. The van der Waals surface area contributed by atoms with Gasteiger partial charge < -0.3 is 5.32 Å². The third kappa shape index (κ3) is 3.18. The Labute approximate surface area is 101 Å². The van der Waals surface area contributed by atoms with Crippen LogP contribution in [0.25, 0.3) is 0 Å².